The number of benzene rings is 5. The van der Waals surface area contributed by atoms with Crippen LogP contribution in [0.4, 0.5) is 34.1 Å². The topological polar surface area (TPSA) is 6.48 Å². The van der Waals surface area contributed by atoms with Crippen LogP contribution in [0.25, 0.3) is 0 Å². The summed E-state index contributed by atoms with van der Waals surface area (Å²) >= 11 is 0. The van der Waals surface area contributed by atoms with Gasteiger partial charge in [0.1, 0.15) is 0 Å². The Balaban J connectivity index is 1.60. The van der Waals surface area contributed by atoms with Crippen LogP contribution in [-0.4, -0.2) is 6.71 Å². The van der Waals surface area contributed by atoms with E-state index in [9.17, 15) is 0 Å². The predicted octanol–water partition coefficient (Wildman–Crippen LogP) is 8.67. The Hall–Kier alpha value is -4.24. The molecule has 5 aromatic rings. The van der Waals surface area contributed by atoms with E-state index >= 15 is 0 Å². The van der Waals surface area contributed by atoms with Crippen LogP contribution in [0.15, 0.2) is 109 Å². The Kier molecular flexibility index (Phi) is 5.96. The van der Waals surface area contributed by atoms with Crippen molar-refractivity contribution >= 4 is 57.2 Å². The van der Waals surface area contributed by atoms with Gasteiger partial charge in [-0.3, -0.25) is 0 Å². The maximum absolute atomic E-state index is 2.50. The van der Waals surface area contributed by atoms with E-state index < -0.39 is 0 Å². The molecule has 5 aromatic carbocycles. The molecule has 0 atom stereocenters. The zero-order valence-electron chi connectivity index (χ0n) is 25.9. The van der Waals surface area contributed by atoms with Crippen molar-refractivity contribution in [2.45, 2.75) is 59.3 Å². The van der Waals surface area contributed by atoms with Crippen molar-refractivity contribution in [1.82, 2.24) is 0 Å². The van der Waals surface area contributed by atoms with Gasteiger partial charge in [0.25, 0.3) is 6.71 Å². The summed E-state index contributed by atoms with van der Waals surface area (Å²) in [5, 5.41) is 0. The van der Waals surface area contributed by atoms with Gasteiger partial charge in [-0.05, 0) is 99.4 Å². The van der Waals surface area contributed by atoms with Crippen LogP contribution in [0.3, 0.4) is 0 Å². The molecule has 7 rings (SSSR count). The molecule has 0 radical (unpaired) electrons. The van der Waals surface area contributed by atoms with Gasteiger partial charge in [-0.15, -0.1) is 0 Å². The van der Waals surface area contributed by atoms with Crippen molar-refractivity contribution in [3.63, 3.8) is 0 Å². The molecule has 0 unspecified atom stereocenters. The van der Waals surface area contributed by atoms with E-state index in [2.05, 4.69) is 167 Å². The summed E-state index contributed by atoms with van der Waals surface area (Å²) in [5.74, 6) is 0. The SMILES string of the molecule is Cc1cc2c3c(c1)N(c1ccccc1)c1cc(C(C)(C)C)ccc1B3c1ccc(C(C)(C)C)cc1N2c1ccccc1. The van der Waals surface area contributed by atoms with E-state index in [0.29, 0.717) is 0 Å². The quantitative estimate of drug-likeness (QED) is 0.200. The molecular formula is C39H39BN2. The number of aryl methyl sites for hydroxylation is 1. The Morgan fingerprint density at radius 1 is 0.476 bits per heavy atom. The van der Waals surface area contributed by atoms with E-state index in [1.807, 2.05) is 0 Å². The molecule has 0 amide bonds. The molecule has 0 fully saturated rings. The van der Waals surface area contributed by atoms with Gasteiger partial charge in [0.2, 0.25) is 0 Å². The molecule has 0 saturated heterocycles. The first-order chi connectivity index (χ1) is 20.0. The molecule has 2 aliphatic rings. The summed E-state index contributed by atoms with van der Waals surface area (Å²) in [6.07, 6.45) is 0. The summed E-state index contributed by atoms with van der Waals surface area (Å²) in [4.78, 5) is 5.01. The smallest absolute Gasteiger partial charge is 0.252 e. The molecule has 0 saturated carbocycles. The van der Waals surface area contributed by atoms with Crippen molar-refractivity contribution in [2.75, 3.05) is 9.80 Å². The van der Waals surface area contributed by atoms with Gasteiger partial charge in [-0.1, -0.05) is 102 Å². The van der Waals surface area contributed by atoms with Crippen molar-refractivity contribution < 1.29 is 0 Å². The minimum absolute atomic E-state index is 0.0472. The average Bonchev–Trinajstić information content (AvgIpc) is 2.96. The molecule has 2 heterocycles. The first-order valence-corrected chi connectivity index (χ1v) is 15.2. The maximum Gasteiger partial charge on any atom is 0.252 e. The fourth-order valence-electron chi connectivity index (χ4n) is 6.77. The van der Waals surface area contributed by atoms with Gasteiger partial charge in [-0.25, -0.2) is 0 Å². The number of nitrogens with zero attached hydrogens (tertiary/aromatic N) is 2. The summed E-state index contributed by atoms with van der Waals surface area (Å²) in [5.41, 5.74) is 15.6. The largest absolute Gasteiger partial charge is 0.311 e. The van der Waals surface area contributed by atoms with E-state index in [1.54, 1.807) is 0 Å². The summed E-state index contributed by atoms with van der Waals surface area (Å²) in [6, 6.07) is 41.0. The summed E-state index contributed by atoms with van der Waals surface area (Å²) in [6.45, 7) is 16.2. The maximum atomic E-state index is 2.50. The molecule has 42 heavy (non-hydrogen) atoms. The molecule has 0 bridgehead atoms. The van der Waals surface area contributed by atoms with Gasteiger partial charge in [0.05, 0.1) is 0 Å². The number of hydrogen-bond donors (Lipinski definition) is 0. The summed E-state index contributed by atoms with van der Waals surface area (Å²) in [7, 11) is 0. The lowest BCUT2D eigenvalue weighted by Crippen LogP contribution is -2.61. The van der Waals surface area contributed by atoms with Gasteiger partial charge in [0.15, 0.2) is 0 Å². The second-order valence-electron chi connectivity index (χ2n) is 14.0. The highest BCUT2D eigenvalue weighted by Gasteiger charge is 2.44. The second kappa shape index (κ2) is 9.39. The summed E-state index contributed by atoms with van der Waals surface area (Å²) < 4.78 is 0. The molecule has 0 N–H and O–H groups in total. The van der Waals surface area contributed by atoms with Crippen LogP contribution in [0.1, 0.15) is 58.2 Å². The molecule has 3 heteroatoms. The number of anilines is 6. The lowest BCUT2D eigenvalue weighted by molar-refractivity contribution is 0.590. The molecule has 0 aromatic heterocycles. The number of rotatable bonds is 2. The van der Waals surface area contributed by atoms with Crippen molar-refractivity contribution in [3.05, 3.63) is 126 Å². The van der Waals surface area contributed by atoms with E-state index in [1.165, 1.54) is 67.2 Å². The lowest BCUT2D eigenvalue weighted by atomic mass is 9.33. The molecule has 208 valence electrons. The minimum Gasteiger partial charge on any atom is -0.311 e. The zero-order valence-corrected chi connectivity index (χ0v) is 25.9. The number of para-hydroxylation sites is 2. The number of hydrogen-bond acceptors (Lipinski definition) is 2. The van der Waals surface area contributed by atoms with Crippen LogP contribution >= 0.6 is 0 Å². The second-order valence-corrected chi connectivity index (χ2v) is 14.0. The minimum atomic E-state index is 0.0472. The van der Waals surface area contributed by atoms with E-state index in [-0.39, 0.29) is 17.5 Å². The van der Waals surface area contributed by atoms with E-state index in [0.717, 1.165) is 0 Å². The van der Waals surface area contributed by atoms with Crippen LogP contribution in [-0.2, 0) is 10.8 Å². The third kappa shape index (κ3) is 4.17. The van der Waals surface area contributed by atoms with Crippen LogP contribution < -0.4 is 26.2 Å². The first-order valence-electron chi connectivity index (χ1n) is 15.2. The van der Waals surface area contributed by atoms with Gasteiger partial charge >= 0.3 is 0 Å². The number of fused-ring (bicyclic) bond motifs is 4. The van der Waals surface area contributed by atoms with Gasteiger partial charge in [0, 0.05) is 34.1 Å². The molecule has 2 nitrogen and oxygen atoms in total. The van der Waals surface area contributed by atoms with Gasteiger partial charge in [-0.2, -0.15) is 0 Å². The van der Waals surface area contributed by atoms with Crippen molar-refractivity contribution in [1.29, 1.82) is 0 Å². The predicted molar refractivity (Wildman–Crippen MR) is 183 cm³/mol. The third-order valence-electron chi connectivity index (χ3n) is 8.98. The van der Waals surface area contributed by atoms with E-state index in [4.69, 9.17) is 0 Å². The lowest BCUT2D eigenvalue weighted by Gasteiger charge is -2.45. The highest BCUT2D eigenvalue weighted by atomic mass is 15.2. The molecule has 0 spiro atoms. The Bertz CT molecular complexity index is 1680. The monoisotopic (exact) mass is 546 g/mol. The fraction of sp³-hybridized carbons (Fsp3) is 0.231. The van der Waals surface area contributed by atoms with Crippen LogP contribution in [0, 0.1) is 6.92 Å². The zero-order chi connectivity index (χ0) is 29.4. The Labute approximate surface area is 251 Å². The molecule has 0 aliphatic carbocycles. The fourth-order valence-corrected chi connectivity index (χ4v) is 6.77. The van der Waals surface area contributed by atoms with Gasteiger partial charge < -0.3 is 9.80 Å². The normalized spacial score (nSPS) is 13.9. The third-order valence-corrected chi connectivity index (χ3v) is 8.98. The highest BCUT2D eigenvalue weighted by Crippen LogP contribution is 2.45. The molecule has 2 aliphatic heterocycles. The van der Waals surface area contributed by atoms with Crippen LogP contribution in [0.2, 0.25) is 0 Å². The molecular weight excluding hydrogens is 507 g/mol. The van der Waals surface area contributed by atoms with Crippen molar-refractivity contribution in [3.8, 4) is 0 Å². The van der Waals surface area contributed by atoms with Crippen LogP contribution in [0.5, 0.6) is 0 Å². The average molecular weight is 547 g/mol. The van der Waals surface area contributed by atoms with Crippen molar-refractivity contribution in [2.24, 2.45) is 0 Å². The standard InChI is InChI=1S/C39H39BN2/c1-26-22-35-37-36(23-26)42(30-16-12-9-13-17-30)34-25-28(39(5,6)7)19-21-32(34)40(37)31-20-18-27(38(2,3)4)24-33(31)41(35)29-14-10-8-11-15-29/h8-25H,1-7H3. The first kappa shape index (κ1) is 26.7. The Morgan fingerprint density at radius 3 is 1.26 bits per heavy atom. The highest BCUT2D eigenvalue weighted by molar-refractivity contribution is 7.00. The Morgan fingerprint density at radius 2 is 0.881 bits per heavy atom.